The minimum absolute atomic E-state index is 0.0729. The molecule has 6 heteroatoms. The summed E-state index contributed by atoms with van der Waals surface area (Å²) in [7, 11) is 1.62. The molecule has 2 aromatic carbocycles. The molecular weight excluding hydrogens is 368 g/mol. The molecule has 0 aliphatic carbocycles. The number of urea groups is 1. The van der Waals surface area contributed by atoms with Crippen molar-refractivity contribution in [2.45, 2.75) is 26.8 Å². The molecule has 0 spiro atoms. The van der Waals surface area contributed by atoms with E-state index >= 15 is 0 Å². The molecule has 152 valence electrons. The van der Waals surface area contributed by atoms with Crippen LogP contribution in [0.3, 0.4) is 0 Å². The Balaban J connectivity index is 2.02. The number of hydrogen-bond acceptors (Lipinski definition) is 4. The molecule has 0 bridgehead atoms. The van der Waals surface area contributed by atoms with Gasteiger partial charge >= 0.3 is 12.0 Å². The summed E-state index contributed by atoms with van der Waals surface area (Å²) in [5.74, 6) is 0.200. The summed E-state index contributed by atoms with van der Waals surface area (Å²) in [6, 6.07) is 14.4. The van der Waals surface area contributed by atoms with E-state index in [0.717, 1.165) is 16.7 Å². The van der Waals surface area contributed by atoms with Crippen LogP contribution in [0.5, 0.6) is 5.75 Å². The van der Waals surface area contributed by atoms with Gasteiger partial charge in [-0.2, -0.15) is 0 Å². The van der Waals surface area contributed by atoms with Gasteiger partial charge in [0.2, 0.25) is 0 Å². The fraction of sp³-hybridized carbons (Fsp3) is 0.304. The zero-order chi connectivity index (χ0) is 21.0. The topological polar surface area (TPSA) is 67.9 Å². The summed E-state index contributed by atoms with van der Waals surface area (Å²) < 4.78 is 11.2. The Morgan fingerprint density at radius 3 is 2.48 bits per heavy atom. The summed E-state index contributed by atoms with van der Waals surface area (Å²) in [5, 5.41) is 2.91. The molecule has 0 fully saturated rings. The van der Waals surface area contributed by atoms with Crippen LogP contribution in [0.2, 0.25) is 0 Å². The summed E-state index contributed by atoms with van der Waals surface area (Å²) in [6.45, 7) is 6.04. The van der Waals surface area contributed by atoms with Crippen molar-refractivity contribution in [1.82, 2.24) is 10.2 Å². The van der Waals surface area contributed by atoms with Gasteiger partial charge < -0.3 is 14.8 Å². The van der Waals surface area contributed by atoms with E-state index in [1.165, 1.54) is 4.90 Å². The van der Waals surface area contributed by atoms with Crippen molar-refractivity contribution in [2.75, 3.05) is 20.3 Å². The Hall–Kier alpha value is -3.28. The summed E-state index contributed by atoms with van der Waals surface area (Å²) >= 11 is 0. The average Bonchev–Trinajstić information content (AvgIpc) is 2.70. The Kier molecular flexibility index (Phi) is 6.22. The molecule has 1 atom stereocenters. The van der Waals surface area contributed by atoms with Crippen LogP contribution in [0.15, 0.2) is 59.8 Å². The van der Waals surface area contributed by atoms with Gasteiger partial charge in [0.1, 0.15) is 12.4 Å². The van der Waals surface area contributed by atoms with Gasteiger partial charge in [0.05, 0.1) is 23.9 Å². The molecule has 6 nitrogen and oxygen atoms in total. The first kappa shape index (κ1) is 20.5. The highest BCUT2D eigenvalue weighted by atomic mass is 16.5. The number of amides is 2. The molecule has 0 unspecified atom stereocenters. The van der Waals surface area contributed by atoms with Gasteiger partial charge in [-0.3, -0.25) is 4.90 Å². The standard InChI is InChI=1S/C23H26N2O4/c1-5-28-22(26)20-19(14-29-18-11-9-15(2)10-12-18)25(4)23(27)24-21(20)17-8-6-7-16(3)13-17/h6-13,21H,5,14H2,1-4H3,(H,24,27)/t21-/m1/s1. The highest BCUT2D eigenvalue weighted by Gasteiger charge is 2.37. The van der Waals surface area contributed by atoms with Crippen LogP contribution in [0.4, 0.5) is 4.79 Å². The van der Waals surface area contributed by atoms with Crippen LogP contribution >= 0.6 is 0 Å². The Labute approximate surface area is 171 Å². The largest absolute Gasteiger partial charge is 0.487 e. The molecule has 1 N–H and O–H groups in total. The number of nitrogens with zero attached hydrogens (tertiary/aromatic N) is 1. The number of esters is 1. The number of ether oxygens (including phenoxy) is 2. The maximum atomic E-state index is 12.9. The number of likely N-dealkylation sites (N-methyl/N-ethyl adjacent to an activating group) is 1. The van der Waals surface area contributed by atoms with Crippen LogP contribution in [0.25, 0.3) is 0 Å². The first-order valence-electron chi connectivity index (χ1n) is 9.61. The number of rotatable bonds is 6. The molecule has 2 amide bonds. The molecule has 1 heterocycles. The van der Waals surface area contributed by atoms with Crippen LogP contribution in [-0.2, 0) is 9.53 Å². The zero-order valence-corrected chi connectivity index (χ0v) is 17.2. The fourth-order valence-corrected chi connectivity index (χ4v) is 3.27. The lowest BCUT2D eigenvalue weighted by atomic mass is 9.94. The molecule has 1 aliphatic heterocycles. The maximum absolute atomic E-state index is 12.9. The predicted octanol–water partition coefficient (Wildman–Crippen LogP) is 3.90. The van der Waals surface area contributed by atoms with Crippen molar-refractivity contribution in [3.8, 4) is 5.75 Å². The average molecular weight is 394 g/mol. The SMILES string of the molecule is CCOC(=O)C1=C(COc2ccc(C)cc2)N(C)C(=O)N[C@@H]1c1cccc(C)c1. The van der Waals surface area contributed by atoms with Gasteiger partial charge in [-0.1, -0.05) is 47.5 Å². The summed E-state index contributed by atoms with van der Waals surface area (Å²) in [6.07, 6.45) is 0. The Bertz CT molecular complexity index is 934. The van der Waals surface area contributed by atoms with E-state index in [-0.39, 0.29) is 19.2 Å². The highest BCUT2D eigenvalue weighted by molar-refractivity contribution is 5.95. The van der Waals surface area contributed by atoms with Gasteiger partial charge in [-0.05, 0) is 38.5 Å². The van der Waals surface area contributed by atoms with Gasteiger partial charge in [0.25, 0.3) is 0 Å². The monoisotopic (exact) mass is 394 g/mol. The molecule has 3 rings (SSSR count). The molecule has 29 heavy (non-hydrogen) atoms. The lowest BCUT2D eigenvalue weighted by molar-refractivity contribution is -0.139. The van der Waals surface area contributed by atoms with E-state index in [1.54, 1.807) is 14.0 Å². The van der Waals surface area contributed by atoms with E-state index < -0.39 is 12.0 Å². The lowest BCUT2D eigenvalue weighted by Gasteiger charge is -2.34. The van der Waals surface area contributed by atoms with Crippen molar-refractivity contribution in [3.63, 3.8) is 0 Å². The second-order valence-corrected chi connectivity index (χ2v) is 7.04. The van der Waals surface area contributed by atoms with E-state index in [2.05, 4.69) is 5.32 Å². The minimum atomic E-state index is -0.603. The van der Waals surface area contributed by atoms with Crippen molar-refractivity contribution in [3.05, 3.63) is 76.5 Å². The van der Waals surface area contributed by atoms with E-state index in [9.17, 15) is 9.59 Å². The van der Waals surface area contributed by atoms with Crippen LogP contribution < -0.4 is 10.1 Å². The number of carbonyl (C=O) groups is 2. The zero-order valence-electron chi connectivity index (χ0n) is 17.2. The number of hydrogen-bond donors (Lipinski definition) is 1. The molecule has 0 radical (unpaired) electrons. The van der Waals surface area contributed by atoms with Crippen molar-refractivity contribution >= 4 is 12.0 Å². The third kappa shape index (κ3) is 4.59. The van der Waals surface area contributed by atoms with Gasteiger partial charge in [0, 0.05) is 7.05 Å². The van der Waals surface area contributed by atoms with Crippen LogP contribution in [-0.4, -0.2) is 37.2 Å². The van der Waals surface area contributed by atoms with E-state index in [4.69, 9.17) is 9.47 Å². The molecule has 0 saturated heterocycles. The number of benzene rings is 2. The van der Waals surface area contributed by atoms with Gasteiger partial charge in [-0.15, -0.1) is 0 Å². The highest BCUT2D eigenvalue weighted by Crippen LogP contribution is 2.31. The second-order valence-electron chi connectivity index (χ2n) is 7.04. The summed E-state index contributed by atoms with van der Waals surface area (Å²) in [5.41, 5.74) is 3.85. The number of carbonyl (C=O) groups excluding carboxylic acids is 2. The number of nitrogens with one attached hydrogen (secondary N) is 1. The molecule has 1 aliphatic rings. The van der Waals surface area contributed by atoms with Gasteiger partial charge in [-0.25, -0.2) is 9.59 Å². The van der Waals surface area contributed by atoms with Crippen LogP contribution in [0, 0.1) is 13.8 Å². The smallest absolute Gasteiger partial charge is 0.338 e. The predicted molar refractivity (Wildman–Crippen MR) is 111 cm³/mol. The fourth-order valence-electron chi connectivity index (χ4n) is 3.27. The van der Waals surface area contributed by atoms with Crippen molar-refractivity contribution in [2.24, 2.45) is 0 Å². The summed E-state index contributed by atoms with van der Waals surface area (Å²) in [4.78, 5) is 26.9. The van der Waals surface area contributed by atoms with E-state index in [0.29, 0.717) is 17.0 Å². The molecule has 0 aromatic heterocycles. The lowest BCUT2D eigenvalue weighted by Crippen LogP contribution is -2.48. The normalized spacial score (nSPS) is 16.5. The van der Waals surface area contributed by atoms with Crippen molar-refractivity contribution < 1.29 is 19.1 Å². The van der Waals surface area contributed by atoms with E-state index in [1.807, 2.05) is 62.4 Å². The third-order valence-electron chi connectivity index (χ3n) is 4.84. The maximum Gasteiger partial charge on any atom is 0.338 e. The third-order valence-corrected chi connectivity index (χ3v) is 4.84. The minimum Gasteiger partial charge on any atom is -0.487 e. The molecular formula is C23H26N2O4. The molecule has 2 aromatic rings. The molecule has 0 saturated carbocycles. The number of aryl methyl sites for hydroxylation is 2. The Morgan fingerprint density at radius 2 is 1.83 bits per heavy atom. The Morgan fingerprint density at radius 1 is 1.10 bits per heavy atom. The van der Waals surface area contributed by atoms with Crippen molar-refractivity contribution in [1.29, 1.82) is 0 Å². The quantitative estimate of drug-likeness (QED) is 0.755. The van der Waals surface area contributed by atoms with Crippen LogP contribution in [0.1, 0.15) is 29.7 Å². The first-order valence-corrected chi connectivity index (χ1v) is 9.61. The second kappa shape index (κ2) is 8.82. The van der Waals surface area contributed by atoms with Gasteiger partial charge in [0.15, 0.2) is 0 Å². The first-order chi connectivity index (χ1) is 13.9.